The third kappa shape index (κ3) is 1.72. The van der Waals surface area contributed by atoms with E-state index >= 15 is 0 Å². The van der Waals surface area contributed by atoms with Crippen LogP contribution in [0, 0.1) is 0 Å². The van der Waals surface area contributed by atoms with Crippen molar-refractivity contribution in [2.45, 2.75) is 26.5 Å². The summed E-state index contributed by atoms with van der Waals surface area (Å²) in [6.07, 6.45) is 3.30. The zero-order valence-corrected chi connectivity index (χ0v) is 9.34. The van der Waals surface area contributed by atoms with Crippen LogP contribution in [-0.4, -0.2) is 14.7 Å². The van der Waals surface area contributed by atoms with Crippen molar-refractivity contribution < 1.29 is 5.11 Å². The van der Waals surface area contributed by atoms with E-state index in [1.165, 1.54) is 6.20 Å². The molecule has 2 aromatic heterocycles. The normalized spacial score (nSPS) is 11.2. The molecule has 2 heterocycles. The van der Waals surface area contributed by atoms with Crippen LogP contribution in [0.5, 0.6) is 0 Å². The van der Waals surface area contributed by atoms with Crippen molar-refractivity contribution in [3.8, 4) is 0 Å². The van der Waals surface area contributed by atoms with Crippen LogP contribution in [0.1, 0.15) is 25.5 Å². The first-order valence-electron chi connectivity index (χ1n) is 5.24. The summed E-state index contributed by atoms with van der Waals surface area (Å²) in [7, 11) is 0. The molecule has 0 spiro atoms. The van der Waals surface area contributed by atoms with E-state index in [2.05, 4.69) is 4.98 Å². The summed E-state index contributed by atoms with van der Waals surface area (Å²) in [6.45, 7) is 3.85. The Morgan fingerprint density at radius 3 is 2.88 bits per heavy atom. The van der Waals surface area contributed by atoms with Crippen molar-refractivity contribution >= 4 is 10.9 Å². The van der Waals surface area contributed by atoms with Gasteiger partial charge in [-0.25, -0.2) is 0 Å². The highest BCUT2D eigenvalue weighted by molar-refractivity contribution is 5.77. The lowest BCUT2D eigenvalue weighted by atomic mass is 10.2. The van der Waals surface area contributed by atoms with Gasteiger partial charge < -0.3 is 9.67 Å². The standard InChI is InChI=1S/C12H14N2O2/c1-8(2)14-4-3-10-5-9(7-15)6-13-11(10)12(14)16/h3-6,8,15H,7H2,1-2H3. The van der Waals surface area contributed by atoms with Crippen molar-refractivity contribution in [2.24, 2.45) is 0 Å². The lowest BCUT2D eigenvalue weighted by Crippen LogP contribution is -2.21. The molecule has 0 aliphatic rings. The van der Waals surface area contributed by atoms with E-state index in [4.69, 9.17) is 5.11 Å². The molecule has 4 heteroatoms. The lowest BCUT2D eigenvalue weighted by Gasteiger charge is -2.10. The van der Waals surface area contributed by atoms with Crippen LogP contribution in [0.15, 0.2) is 29.3 Å². The van der Waals surface area contributed by atoms with Gasteiger partial charge in [-0.3, -0.25) is 9.78 Å². The number of aliphatic hydroxyl groups excluding tert-OH is 1. The number of fused-ring (bicyclic) bond motifs is 1. The smallest absolute Gasteiger partial charge is 0.277 e. The third-order valence-corrected chi connectivity index (χ3v) is 2.56. The highest BCUT2D eigenvalue weighted by Gasteiger charge is 2.06. The number of hydrogen-bond donors (Lipinski definition) is 1. The van der Waals surface area contributed by atoms with E-state index in [0.29, 0.717) is 11.1 Å². The summed E-state index contributed by atoms with van der Waals surface area (Å²) in [5.74, 6) is 0. The predicted octanol–water partition coefficient (Wildman–Crippen LogP) is 1.47. The van der Waals surface area contributed by atoms with Gasteiger partial charge in [-0.15, -0.1) is 0 Å². The maximum Gasteiger partial charge on any atom is 0.277 e. The molecule has 0 fully saturated rings. The fourth-order valence-electron chi connectivity index (χ4n) is 1.68. The van der Waals surface area contributed by atoms with Crippen LogP contribution in [-0.2, 0) is 6.61 Å². The van der Waals surface area contributed by atoms with Gasteiger partial charge in [0.2, 0.25) is 0 Å². The van der Waals surface area contributed by atoms with Crippen LogP contribution in [0.4, 0.5) is 0 Å². The van der Waals surface area contributed by atoms with E-state index < -0.39 is 0 Å². The number of aromatic nitrogens is 2. The SMILES string of the molecule is CC(C)n1ccc2cc(CO)cnc2c1=O. The van der Waals surface area contributed by atoms with Gasteiger partial charge in [-0.1, -0.05) is 0 Å². The Kier molecular flexibility index (Phi) is 2.75. The van der Waals surface area contributed by atoms with Crippen molar-refractivity contribution in [1.29, 1.82) is 0 Å². The summed E-state index contributed by atoms with van der Waals surface area (Å²) >= 11 is 0. The maximum absolute atomic E-state index is 12.0. The molecule has 0 aliphatic heterocycles. The molecule has 16 heavy (non-hydrogen) atoms. The molecule has 1 N–H and O–H groups in total. The Bertz CT molecular complexity index is 573. The molecule has 0 saturated heterocycles. The highest BCUT2D eigenvalue weighted by Crippen LogP contribution is 2.11. The molecule has 0 aliphatic carbocycles. The molecule has 0 atom stereocenters. The van der Waals surface area contributed by atoms with Crippen molar-refractivity contribution in [3.63, 3.8) is 0 Å². The second kappa shape index (κ2) is 4.06. The van der Waals surface area contributed by atoms with Crippen LogP contribution < -0.4 is 5.56 Å². The summed E-state index contributed by atoms with van der Waals surface area (Å²) < 4.78 is 1.65. The summed E-state index contributed by atoms with van der Waals surface area (Å²) in [4.78, 5) is 16.1. The molecule has 2 rings (SSSR count). The van der Waals surface area contributed by atoms with Crippen LogP contribution in [0.2, 0.25) is 0 Å². The van der Waals surface area contributed by atoms with E-state index in [1.807, 2.05) is 19.9 Å². The Morgan fingerprint density at radius 2 is 2.25 bits per heavy atom. The molecule has 84 valence electrons. The lowest BCUT2D eigenvalue weighted by molar-refractivity contribution is 0.281. The molecule has 0 amide bonds. The second-order valence-electron chi connectivity index (χ2n) is 4.06. The number of nitrogens with zero attached hydrogens (tertiary/aromatic N) is 2. The molecule has 4 nitrogen and oxygen atoms in total. The fourth-order valence-corrected chi connectivity index (χ4v) is 1.68. The minimum absolute atomic E-state index is 0.0593. The van der Waals surface area contributed by atoms with Crippen LogP contribution >= 0.6 is 0 Å². The van der Waals surface area contributed by atoms with Gasteiger partial charge in [0.15, 0.2) is 0 Å². The minimum atomic E-state index is -0.0861. The molecule has 0 saturated carbocycles. The molecular weight excluding hydrogens is 204 g/mol. The molecule has 0 unspecified atom stereocenters. The monoisotopic (exact) mass is 218 g/mol. The molecular formula is C12H14N2O2. The third-order valence-electron chi connectivity index (χ3n) is 2.56. The van der Waals surface area contributed by atoms with Crippen molar-refractivity contribution in [2.75, 3.05) is 0 Å². The Hall–Kier alpha value is -1.68. The van der Waals surface area contributed by atoms with Gasteiger partial charge in [-0.05, 0) is 31.5 Å². The largest absolute Gasteiger partial charge is 0.392 e. The zero-order chi connectivity index (χ0) is 11.7. The number of rotatable bonds is 2. The molecule has 0 bridgehead atoms. The van der Waals surface area contributed by atoms with Crippen molar-refractivity contribution in [1.82, 2.24) is 9.55 Å². The topological polar surface area (TPSA) is 55.1 Å². The maximum atomic E-state index is 12.0. The minimum Gasteiger partial charge on any atom is -0.392 e. The Labute approximate surface area is 93.2 Å². The molecule has 0 radical (unpaired) electrons. The number of aliphatic hydroxyl groups is 1. The predicted molar refractivity (Wildman–Crippen MR) is 62.3 cm³/mol. The average Bonchev–Trinajstić information content (AvgIpc) is 2.28. The van der Waals surface area contributed by atoms with Crippen LogP contribution in [0.25, 0.3) is 10.9 Å². The second-order valence-corrected chi connectivity index (χ2v) is 4.06. The number of pyridine rings is 2. The van der Waals surface area contributed by atoms with E-state index in [1.54, 1.807) is 16.8 Å². The van der Waals surface area contributed by atoms with Gasteiger partial charge in [0, 0.05) is 23.8 Å². The summed E-state index contributed by atoms with van der Waals surface area (Å²) in [6, 6.07) is 3.76. The van der Waals surface area contributed by atoms with E-state index in [0.717, 1.165) is 5.39 Å². The average molecular weight is 218 g/mol. The zero-order valence-electron chi connectivity index (χ0n) is 9.34. The van der Waals surface area contributed by atoms with Gasteiger partial charge in [0.1, 0.15) is 5.52 Å². The Morgan fingerprint density at radius 1 is 1.50 bits per heavy atom. The van der Waals surface area contributed by atoms with E-state index in [9.17, 15) is 4.79 Å². The van der Waals surface area contributed by atoms with Gasteiger partial charge in [0.25, 0.3) is 5.56 Å². The summed E-state index contributed by atoms with van der Waals surface area (Å²) in [5.41, 5.74) is 1.08. The fraction of sp³-hybridized carbons (Fsp3) is 0.333. The highest BCUT2D eigenvalue weighted by atomic mass is 16.3. The van der Waals surface area contributed by atoms with Gasteiger partial charge >= 0.3 is 0 Å². The number of hydrogen-bond acceptors (Lipinski definition) is 3. The van der Waals surface area contributed by atoms with Crippen LogP contribution in [0.3, 0.4) is 0 Å². The first kappa shape index (κ1) is 10.8. The Balaban J connectivity index is 2.72. The van der Waals surface area contributed by atoms with Gasteiger partial charge in [-0.2, -0.15) is 0 Å². The molecule has 0 aromatic carbocycles. The first-order valence-corrected chi connectivity index (χ1v) is 5.24. The molecule has 2 aromatic rings. The van der Waals surface area contributed by atoms with Gasteiger partial charge in [0.05, 0.1) is 6.61 Å². The summed E-state index contributed by atoms with van der Waals surface area (Å²) in [5, 5.41) is 9.76. The van der Waals surface area contributed by atoms with Crippen molar-refractivity contribution in [3.05, 3.63) is 40.4 Å². The quantitative estimate of drug-likeness (QED) is 0.830. The van der Waals surface area contributed by atoms with E-state index in [-0.39, 0.29) is 18.2 Å². The first-order chi connectivity index (χ1) is 7.63.